The number of H-pyrrole nitrogens is 1. The highest BCUT2D eigenvalue weighted by Crippen LogP contribution is 2.30. The predicted octanol–water partition coefficient (Wildman–Crippen LogP) is 1.58. The van der Waals surface area contributed by atoms with Crippen molar-refractivity contribution in [1.82, 2.24) is 10.3 Å². The third-order valence-electron chi connectivity index (χ3n) is 3.16. The number of hydrogen-bond donors (Lipinski definition) is 3. The van der Waals surface area contributed by atoms with Gasteiger partial charge in [0.25, 0.3) is 0 Å². The van der Waals surface area contributed by atoms with Gasteiger partial charge in [0.2, 0.25) is 0 Å². The lowest BCUT2D eigenvalue weighted by atomic mass is 9.99. The summed E-state index contributed by atoms with van der Waals surface area (Å²) < 4.78 is 13.1. The van der Waals surface area contributed by atoms with E-state index in [1.165, 1.54) is 12.1 Å². The summed E-state index contributed by atoms with van der Waals surface area (Å²) in [5, 5.41) is 12.9. The molecule has 5 heteroatoms. The summed E-state index contributed by atoms with van der Waals surface area (Å²) in [6.07, 6.45) is 0.755. The Morgan fingerprint density at radius 2 is 2.29 bits per heavy atom. The first-order valence-corrected chi connectivity index (χ1v) is 5.43. The van der Waals surface area contributed by atoms with Crippen molar-refractivity contribution in [3.8, 4) is 0 Å². The van der Waals surface area contributed by atoms with E-state index in [2.05, 4.69) is 10.3 Å². The number of aromatic nitrogens is 1. The van der Waals surface area contributed by atoms with Crippen molar-refractivity contribution < 1.29 is 14.3 Å². The van der Waals surface area contributed by atoms with Gasteiger partial charge in [0.1, 0.15) is 11.9 Å². The predicted molar refractivity (Wildman–Crippen MR) is 60.3 cm³/mol. The summed E-state index contributed by atoms with van der Waals surface area (Å²) >= 11 is 0. The number of nitrogens with one attached hydrogen (secondary N) is 2. The highest BCUT2D eigenvalue weighted by molar-refractivity contribution is 5.88. The normalized spacial score (nSPS) is 19.2. The molecule has 0 amide bonds. The van der Waals surface area contributed by atoms with Gasteiger partial charge in [-0.1, -0.05) is 0 Å². The Labute approximate surface area is 96.4 Å². The van der Waals surface area contributed by atoms with E-state index in [1.807, 2.05) is 0 Å². The number of fused-ring (bicyclic) bond motifs is 3. The van der Waals surface area contributed by atoms with E-state index < -0.39 is 12.0 Å². The number of halogens is 1. The first kappa shape index (κ1) is 10.3. The Morgan fingerprint density at radius 1 is 1.47 bits per heavy atom. The van der Waals surface area contributed by atoms with Crippen LogP contribution < -0.4 is 5.32 Å². The van der Waals surface area contributed by atoms with Gasteiger partial charge in [-0.3, -0.25) is 10.1 Å². The van der Waals surface area contributed by atoms with Crippen molar-refractivity contribution in [3.63, 3.8) is 0 Å². The van der Waals surface area contributed by atoms with E-state index in [4.69, 9.17) is 5.11 Å². The van der Waals surface area contributed by atoms with Gasteiger partial charge in [-0.15, -0.1) is 0 Å². The number of rotatable bonds is 1. The van der Waals surface area contributed by atoms with Gasteiger partial charge in [0.05, 0.1) is 0 Å². The molecule has 4 nitrogen and oxygen atoms in total. The summed E-state index contributed by atoms with van der Waals surface area (Å²) in [6.45, 7) is 0.619. The van der Waals surface area contributed by atoms with Gasteiger partial charge in [-0.2, -0.15) is 0 Å². The van der Waals surface area contributed by atoms with Crippen molar-refractivity contribution >= 4 is 16.9 Å². The molecule has 3 rings (SSSR count). The van der Waals surface area contributed by atoms with Gasteiger partial charge in [-0.05, 0) is 30.2 Å². The average molecular weight is 234 g/mol. The van der Waals surface area contributed by atoms with Crippen LogP contribution >= 0.6 is 0 Å². The maximum atomic E-state index is 13.1. The molecule has 1 atom stereocenters. The fourth-order valence-electron chi connectivity index (χ4n) is 2.42. The summed E-state index contributed by atoms with van der Waals surface area (Å²) in [6, 6.07) is 3.76. The van der Waals surface area contributed by atoms with Crippen molar-refractivity contribution in [2.24, 2.45) is 0 Å². The maximum absolute atomic E-state index is 13.1. The molecule has 1 aromatic carbocycles. The summed E-state index contributed by atoms with van der Waals surface area (Å²) in [4.78, 5) is 14.1. The highest BCUT2D eigenvalue weighted by atomic mass is 19.1. The Hall–Kier alpha value is -1.88. The molecule has 1 aliphatic heterocycles. The SMILES string of the molecule is O=C(O)C1NCCc2c1[nH]c1cc(F)ccc21. The zero-order valence-electron chi connectivity index (χ0n) is 8.96. The smallest absolute Gasteiger partial charge is 0.326 e. The van der Waals surface area contributed by atoms with Crippen molar-refractivity contribution in [3.05, 3.63) is 35.3 Å². The minimum absolute atomic E-state index is 0.323. The number of carboxylic acids is 1. The van der Waals surface area contributed by atoms with E-state index in [9.17, 15) is 9.18 Å². The summed E-state index contributed by atoms with van der Waals surface area (Å²) in [5.41, 5.74) is 2.28. The fourth-order valence-corrected chi connectivity index (χ4v) is 2.42. The molecule has 1 aliphatic rings. The van der Waals surface area contributed by atoms with Crippen LogP contribution in [0.5, 0.6) is 0 Å². The molecule has 0 radical (unpaired) electrons. The Balaban J connectivity index is 2.24. The van der Waals surface area contributed by atoms with Crippen LogP contribution in [0.2, 0.25) is 0 Å². The molecule has 0 spiro atoms. The Bertz CT molecular complexity index is 606. The largest absolute Gasteiger partial charge is 0.480 e. The molecule has 0 saturated carbocycles. The van der Waals surface area contributed by atoms with E-state index in [0.717, 1.165) is 17.4 Å². The first-order chi connectivity index (χ1) is 8.16. The van der Waals surface area contributed by atoms with Crippen LogP contribution in [0.4, 0.5) is 4.39 Å². The van der Waals surface area contributed by atoms with Crippen molar-refractivity contribution in [1.29, 1.82) is 0 Å². The molecule has 0 saturated heterocycles. The van der Waals surface area contributed by atoms with Crippen LogP contribution in [0.15, 0.2) is 18.2 Å². The lowest BCUT2D eigenvalue weighted by molar-refractivity contribution is -0.139. The second-order valence-electron chi connectivity index (χ2n) is 4.18. The van der Waals surface area contributed by atoms with Crippen LogP contribution in [0, 0.1) is 5.82 Å². The zero-order chi connectivity index (χ0) is 12.0. The number of benzene rings is 1. The number of aromatic amines is 1. The molecule has 0 aliphatic carbocycles. The lowest BCUT2D eigenvalue weighted by Crippen LogP contribution is -2.34. The topological polar surface area (TPSA) is 65.1 Å². The van der Waals surface area contributed by atoms with E-state index in [1.54, 1.807) is 6.07 Å². The highest BCUT2D eigenvalue weighted by Gasteiger charge is 2.28. The van der Waals surface area contributed by atoms with Gasteiger partial charge in [0.15, 0.2) is 0 Å². The monoisotopic (exact) mass is 234 g/mol. The minimum Gasteiger partial charge on any atom is -0.480 e. The molecular weight excluding hydrogens is 223 g/mol. The molecular formula is C12H11FN2O2. The standard InChI is InChI=1S/C12H11FN2O2/c13-6-1-2-7-8-3-4-14-11(12(16)17)10(8)15-9(7)5-6/h1-2,5,11,14-15H,3-4H2,(H,16,17). The van der Waals surface area contributed by atoms with Crippen LogP contribution in [-0.4, -0.2) is 22.6 Å². The molecule has 3 N–H and O–H groups in total. The molecule has 0 bridgehead atoms. The average Bonchev–Trinajstić information content (AvgIpc) is 2.65. The van der Waals surface area contributed by atoms with E-state index in [0.29, 0.717) is 17.8 Å². The third kappa shape index (κ3) is 1.51. The quantitative estimate of drug-likeness (QED) is 0.701. The van der Waals surface area contributed by atoms with Crippen LogP contribution in [-0.2, 0) is 11.2 Å². The Kier molecular flexibility index (Phi) is 2.16. The van der Waals surface area contributed by atoms with Crippen LogP contribution in [0.25, 0.3) is 10.9 Å². The Morgan fingerprint density at radius 3 is 3.06 bits per heavy atom. The van der Waals surface area contributed by atoms with Crippen LogP contribution in [0.3, 0.4) is 0 Å². The third-order valence-corrected chi connectivity index (χ3v) is 3.16. The summed E-state index contributed by atoms with van der Waals surface area (Å²) in [5.74, 6) is -1.24. The zero-order valence-corrected chi connectivity index (χ0v) is 8.96. The number of carbonyl (C=O) groups is 1. The molecule has 2 heterocycles. The first-order valence-electron chi connectivity index (χ1n) is 5.43. The second kappa shape index (κ2) is 3.56. The molecule has 2 aromatic rings. The van der Waals surface area contributed by atoms with Gasteiger partial charge in [0, 0.05) is 23.1 Å². The number of aliphatic carboxylic acids is 1. The maximum Gasteiger partial charge on any atom is 0.326 e. The van der Waals surface area contributed by atoms with Gasteiger partial charge in [-0.25, -0.2) is 4.39 Å². The van der Waals surface area contributed by atoms with Crippen LogP contribution in [0.1, 0.15) is 17.3 Å². The second-order valence-corrected chi connectivity index (χ2v) is 4.18. The molecule has 1 unspecified atom stereocenters. The lowest BCUT2D eigenvalue weighted by Gasteiger charge is -2.20. The van der Waals surface area contributed by atoms with Gasteiger partial charge >= 0.3 is 5.97 Å². The van der Waals surface area contributed by atoms with E-state index in [-0.39, 0.29) is 5.82 Å². The molecule has 88 valence electrons. The number of hydrogen-bond acceptors (Lipinski definition) is 2. The van der Waals surface area contributed by atoms with Gasteiger partial charge < -0.3 is 10.1 Å². The molecule has 0 fully saturated rings. The minimum atomic E-state index is -0.919. The number of carboxylic acid groups (broad SMARTS) is 1. The molecule has 17 heavy (non-hydrogen) atoms. The van der Waals surface area contributed by atoms with Crippen molar-refractivity contribution in [2.45, 2.75) is 12.5 Å². The summed E-state index contributed by atoms with van der Waals surface area (Å²) in [7, 11) is 0. The van der Waals surface area contributed by atoms with E-state index >= 15 is 0 Å². The fraction of sp³-hybridized carbons (Fsp3) is 0.250. The van der Waals surface area contributed by atoms with Crippen molar-refractivity contribution in [2.75, 3.05) is 6.54 Å². The molecule has 1 aromatic heterocycles.